The van der Waals surface area contributed by atoms with Gasteiger partial charge >= 0.3 is 0 Å². The summed E-state index contributed by atoms with van der Waals surface area (Å²) in [4.78, 5) is 14.8. The van der Waals surface area contributed by atoms with Gasteiger partial charge in [-0.05, 0) is 25.0 Å². The van der Waals surface area contributed by atoms with Crippen LogP contribution in [0.4, 0.5) is 17.6 Å². The summed E-state index contributed by atoms with van der Waals surface area (Å²) < 4.78 is 18.0. The first-order valence-corrected chi connectivity index (χ1v) is 12.0. The summed E-state index contributed by atoms with van der Waals surface area (Å²) in [6.07, 6.45) is 2.60. The number of fused-ring (bicyclic) bond motifs is 1. The van der Waals surface area contributed by atoms with E-state index in [1.807, 2.05) is 6.07 Å². The molecule has 2 aromatic rings. The van der Waals surface area contributed by atoms with Crippen LogP contribution >= 0.6 is 11.6 Å². The second-order valence-electron chi connectivity index (χ2n) is 7.67. The molecule has 1 unspecified atom stereocenters. The summed E-state index contributed by atoms with van der Waals surface area (Å²) in [6.45, 7) is 4.65. The number of aryl methyl sites for hydroxylation is 1. The molecule has 3 aliphatic rings. The predicted octanol–water partition coefficient (Wildman–Crippen LogP) is 1.50. The summed E-state index contributed by atoms with van der Waals surface area (Å²) in [5.41, 5.74) is 0.916. The molecule has 2 saturated heterocycles. The maximum absolute atomic E-state index is 12.6. The van der Waals surface area contributed by atoms with Crippen molar-refractivity contribution in [2.45, 2.75) is 30.2 Å². The van der Waals surface area contributed by atoms with Gasteiger partial charge in [-0.1, -0.05) is 11.6 Å². The summed E-state index contributed by atoms with van der Waals surface area (Å²) in [5, 5.41) is 12.0. The van der Waals surface area contributed by atoms with Gasteiger partial charge in [0, 0.05) is 57.6 Å². The molecule has 0 amide bonds. The zero-order chi connectivity index (χ0) is 20.5. The minimum atomic E-state index is -1.03. The molecule has 1 N–H and O–H groups in total. The molecular formula is C19H24ClN7O2S. The summed E-state index contributed by atoms with van der Waals surface area (Å²) in [6, 6.07) is 3.94. The fourth-order valence-corrected chi connectivity index (χ4v) is 5.49. The number of hydrogen-bond donors (Lipinski definition) is 1. The molecule has 0 aromatic carbocycles. The highest BCUT2D eigenvalue weighted by Crippen LogP contribution is 2.31. The highest BCUT2D eigenvalue weighted by atomic mass is 35.5. The van der Waals surface area contributed by atoms with Crippen molar-refractivity contribution in [3.05, 3.63) is 23.0 Å². The number of nitrogens with zero attached hydrogens (tertiary/aromatic N) is 6. The van der Waals surface area contributed by atoms with Gasteiger partial charge < -0.3 is 19.9 Å². The lowest BCUT2D eigenvalue weighted by molar-refractivity contribution is 0.0903. The van der Waals surface area contributed by atoms with E-state index in [-0.39, 0.29) is 0 Å². The van der Waals surface area contributed by atoms with Crippen LogP contribution in [0.25, 0.3) is 0 Å². The van der Waals surface area contributed by atoms with Crippen LogP contribution in [0, 0.1) is 0 Å². The zero-order valence-electron chi connectivity index (χ0n) is 16.6. The molecule has 0 bridgehead atoms. The van der Waals surface area contributed by atoms with E-state index in [0.717, 1.165) is 80.9 Å². The van der Waals surface area contributed by atoms with Gasteiger partial charge in [0.1, 0.15) is 10.7 Å². The first-order chi connectivity index (χ1) is 14.7. The van der Waals surface area contributed by atoms with Crippen molar-refractivity contribution in [2.24, 2.45) is 0 Å². The Balaban J connectivity index is 1.34. The summed E-state index contributed by atoms with van der Waals surface area (Å²) in [5.74, 6) is 2.90. The van der Waals surface area contributed by atoms with Crippen molar-refractivity contribution in [2.75, 3.05) is 60.3 Å². The fourth-order valence-electron chi connectivity index (χ4n) is 4.07. The van der Waals surface area contributed by atoms with Crippen molar-refractivity contribution in [1.82, 2.24) is 20.2 Å². The molecule has 0 aliphatic carbocycles. The van der Waals surface area contributed by atoms with Gasteiger partial charge in [0.25, 0.3) is 0 Å². The van der Waals surface area contributed by atoms with Crippen LogP contribution in [0.2, 0.25) is 5.15 Å². The van der Waals surface area contributed by atoms with Crippen LogP contribution in [0.1, 0.15) is 18.5 Å². The monoisotopic (exact) mass is 449 g/mol. The van der Waals surface area contributed by atoms with E-state index in [1.54, 1.807) is 6.07 Å². The molecule has 5 heterocycles. The van der Waals surface area contributed by atoms with Crippen LogP contribution in [0.15, 0.2) is 17.0 Å². The number of ether oxygens (including phenoxy) is 1. The number of piperazine rings is 1. The Labute approximate surface area is 182 Å². The lowest BCUT2D eigenvalue weighted by atomic mass is 10.1. The van der Waals surface area contributed by atoms with E-state index < -0.39 is 10.8 Å². The molecule has 9 nitrogen and oxygen atoms in total. The Bertz CT molecular complexity index is 931. The third-order valence-electron chi connectivity index (χ3n) is 5.74. The Hall–Kier alpha value is -2.04. The average Bonchev–Trinajstić information content (AvgIpc) is 3.16. The summed E-state index contributed by atoms with van der Waals surface area (Å²) in [7, 11) is -1.03. The van der Waals surface area contributed by atoms with E-state index in [4.69, 9.17) is 26.3 Å². The maximum Gasteiger partial charge on any atom is 0.227 e. The predicted molar refractivity (Wildman–Crippen MR) is 116 cm³/mol. The van der Waals surface area contributed by atoms with Gasteiger partial charge in [-0.2, -0.15) is 4.98 Å². The van der Waals surface area contributed by atoms with Crippen molar-refractivity contribution in [3.63, 3.8) is 0 Å². The second-order valence-corrected chi connectivity index (χ2v) is 9.56. The Kier molecular flexibility index (Phi) is 5.70. The number of anilines is 3. The van der Waals surface area contributed by atoms with Crippen LogP contribution in [0.5, 0.6) is 0 Å². The smallest absolute Gasteiger partial charge is 0.227 e. The Morgan fingerprint density at radius 2 is 1.83 bits per heavy atom. The molecule has 0 radical (unpaired) electrons. The average molecular weight is 450 g/mol. The minimum Gasteiger partial charge on any atom is -0.381 e. The molecule has 1 atom stereocenters. The molecule has 0 saturated carbocycles. The first kappa shape index (κ1) is 19.9. The molecule has 30 heavy (non-hydrogen) atoms. The third kappa shape index (κ3) is 4.08. The molecular weight excluding hydrogens is 426 g/mol. The van der Waals surface area contributed by atoms with E-state index >= 15 is 0 Å². The van der Waals surface area contributed by atoms with Crippen molar-refractivity contribution in [1.29, 1.82) is 0 Å². The van der Waals surface area contributed by atoms with E-state index in [9.17, 15) is 4.21 Å². The second kappa shape index (κ2) is 8.60. The first-order valence-electron chi connectivity index (χ1n) is 10.3. The molecule has 11 heteroatoms. The van der Waals surface area contributed by atoms with Gasteiger partial charge in [-0.25, -0.2) is 4.98 Å². The lowest BCUT2D eigenvalue weighted by Crippen LogP contribution is -2.47. The molecule has 2 aromatic heterocycles. The minimum absolute atomic E-state index is 0.295. The number of nitrogens with one attached hydrogen (secondary N) is 1. The normalized spacial score (nSPS) is 22.2. The maximum atomic E-state index is 12.6. The van der Waals surface area contributed by atoms with Crippen LogP contribution < -0.4 is 15.1 Å². The fraction of sp³-hybridized carbons (Fsp3) is 0.579. The van der Waals surface area contributed by atoms with Crippen molar-refractivity contribution >= 4 is 40.0 Å². The number of hydrogen-bond acceptors (Lipinski definition) is 9. The van der Waals surface area contributed by atoms with Crippen LogP contribution in [-0.2, 0) is 22.0 Å². The highest BCUT2D eigenvalue weighted by Gasteiger charge is 2.29. The van der Waals surface area contributed by atoms with E-state index in [1.165, 1.54) is 0 Å². The molecule has 2 fully saturated rings. The molecule has 5 rings (SSSR count). The third-order valence-corrected chi connectivity index (χ3v) is 7.40. The zero-order valence-corrected chi connectivity index (χ0v) is 18.2. The van der Waals surface area contributed by atoms with Gasteiger partial charge in [0.05, 0.1) is 16.5 Å². The quantitative estimate of drug-likeness (QED) is 0.744. The number of halogens is 1. The van der Waals surface area contributed by atoms with Crippen LogP contribution in [0.3, 0.4) is 0 Å². The lowest BCUT2D eigenvalue weighted by Gasteiger charge is -2.35. The summed E-state index contributed by atoms with van der Waals surface area (Å²) >= 11 is 5.84. The molecule has 0 spiro atoms. The number of rotatable bonds is 4. The molecule has 3 aliphatic heterocycles. The highest BCUT2D eigenvalue weighted by molar-refractivity contribution is 7.85. The Morgan fingerprint density at radius 3 is 2.57 bits per heavy atom. The Morgan fingerprint density at radius 1 is 1.07 bits per heavy atom. The van der Waals surface area contributed by atoms with Gasteiger partial charge in [-0.15, -0.1) is 10.2 Å². The van der Waals surface area contributed by atoms with Gasteiger partial charge in [0.15, 0.2) is 11.0 Å². The van der Waals surface area contributed by atoms with Gasteiger partial charge in [-0.3, -0.25) is 4.21 Å². The standard InChI is InChI=1S/C19H24ClN7O2S/c20-15-1-2-16(25-24-15)26-6-8-27(9-7-26)19-22-14-5-12-30(28)17(14)18(23-19)21-13-3-10-29-11-4-13/h1-2,13H,3-12H2,(H,21,22,23). The van der Waals surface area contributed by atoms with E-state index in [0.29, 0.717) is 22.9 Å². The number of aromatic nitrogens is 4. The van der Waals surface area contributed by atoms with Crippen LogP contribution in [-0.4, -0.2) is 75.6 Å². The van der Waals surface area contributed by atoms with Crippen molar-refractivity contribution in [3.8, 4) is 0 Å². The topological polar surface area (TPSA) is 96.4 Å². The SMILES string of the molecule is O=S1CCc2nc(N3CCN(c4ccc(Cl)nn4)CC3)nc(NC3CCOCC3)c21. The largest absolute Gasteiger partial charge is 0.381 e. The molecule has 160 valence electrons. The van der Waals surface area contributed by atoms with Crippen molar-refractivity contribution < 1.29 is 8.95 Å². The van der Waals surface area contributed by atoms with E-state index in [2.05, 4.69) is 25.3 Å². The van der Waals surface area contributed by atoms with Gasteiger partial charge in [0.2, 0.25) is 5.95 Å².